The molecule has 0 saturated carbocycles. The Bertz CT molecular complexity index is 1310. The van der Waals surface area contributed by atoms with Crippen molar-refractivity contribution in [3.63, 3.8) is 0 Å². The van der Waals surface area contributed by atoms with Crippen molar-refractivity contribution in [2.75, 3.05) is 24.1 Å². The van der Waals surface area contributed by atoms with Crippen molar-refractivity contribution < 1.29 is 22.8 Å². The van der Waals surface area contributed by atoms with Crippen molar-refractivity contribution >= 4 is 46.3 Å². The van der Waals surface area contributed by atoms with Gasteiger partial charge in [-0.25, -0.2) is 15.0 Å². The van der Waals surface area contributed by atoms with Crippen LogP contribution >= 0.6 is 22.9 Å². The van der Waals surface area contributed by atoms with Crippen LogP contribution in [-0.2, 0) is 12.7 Å². The van der Waals surface area contributed by atoms with Crippen LogP contribution in [0.2, 0.25) is 5.02 Å². The van der Waals surface area contributed by atoms with Crippen molar-refractivity contribution in [1.82, 2.24) is 25.2 Å². The summed E-state index contributed by atoms with van der Waals surface area (Å²) in [5.41, 5.74) is 5.89. The maximum atomic E-state index is 13.0. The van der Waals surface area contributed by atoms with Crippen LogP contribution in [0.25, 0.3) is 0 Å². The molecule has 1 aromatic carbocycles. The Hall–Kier alpha value is -3.29. The van der Waals surface area contributed by atoms with Crippen molar-refractivity contribution in [2.45, 2.75) is 38.5 Å². The van der Waals surface area contributed by atoms with Crippen molar-refractivity contribution in [3.8, 4) is 0 Å². The number of benzene rings is 1. The molecule has 0 bridgehead atoms. The maximum absolute atomic E-state index is 13.0. The number of carbonyl (C=O) groups excluding carboxylic acids is 2. The first-order valence-corrected chi connectivity index (χ1v) is 12.5. The van der Waals surface area contributed by atoms with Gasteiger partial charge in [-0.1, -0.05) is 11.6 Å². The summed E-state index contributed by atoms with van der Waals surface area (Å²) in [5, 5.41) is 5.25. The number of hydrogen-bond donors (Lipinski definition) is 3. The molecule has 0 spiro atoms. The van der Waals surface area contributed by atoms with E-state index in [4.69, 9.17) is 17.3 Å². The summed E-state index contributed by atoms with van der Waals surface area (Å²) < 4.78 is 38.7. The first-order chi connectivity index (χ1) is 17.5. The van der Waals surface area contributed by atoms with Crippen molar-refractivity contribution in [1.29, 1.82) is 0 Å². The van der Waals surface area contributed by atoms with Gasteiger partial charge < -0.3 is 16.4 Å². The van der Waals surface area contributed by atoms with E-state index in [-0.39, 0.29) is 22.1 Å². The quantitative estimate of drug-likeness (QED) is 0.392. The normalized spacial score (nSPS) is 14.9. The van der Waals surface area contributed by atoms with E-state index in [9.17, 15) is 22.8 Å². The summed E-state index contributed by atoms with van der Waals surface area (Å²) in [7, 11) is 0. The monoisotopic (exact) mass is 553 g/mol. The number of hydrogen-bond acceptors (Lipinski definition) is 8. The van der Waals surface area contributed by atoms with Crippen LogP contribution in [0.1, 0.15) is 62.1 Å². The molecule has 3 heterocycles. The Morgan fingerprint density at radius 1 is 1.19 bits per heavy atom. The maximum Gasteiger partial charge on any atom is 0.417 e. The third kappa shape index (κ3) is 6.35. The molecule has 1 unspecified atom stereocenters. The fourth-order valence-electron chi connectivity index (χ4n) is 3.88. The highest BCUT2D eigenvalue weighted by molar-refractivity contribution is 7.13. The minimum atomic E-state index is -4.60. The highest BCUT2D eigenvalue weighted by Gasteiger charge is 2.33. The van der Waals surface area contributed by atoms with Crippen LogP contribution in [0.15, 0.2) is 30.7 Å². The minimum Gasteiger partial charge on any atom is -0.383 e. The molecule has 3 aromatic rings. The number of alkyl halides is 3. The van der Waals surface area contributed by atoms with E-state index in [0.717, 1.165) is 55.5 Å². The molecule has 2 amide bonds. The van der Waals surface area contributed by atoms with Gasteiger partial charge in [-0.05, 0) is 51.1 Å². The Balaban J connectivity index is 1.42. The van der Waals surface area contributed by atoms with Gasteiger partial charge in [-0.2, -0.15) is 13.2 Å². The highest BCUT2D eigenvalue weighted by Crippen LogP contribution is 2.36. The minimum absolute atomic E-state index is 0.103. The Labute approximate surface area is 219 Å². The average molecular weight is 554 g/mol. The third-order valence-corrected chi connectivity index (χ3v) is 7.26. The second-order valence-electron chi connectivity index (χ2n) is 8.47. The predicted molar refractivity (Wildman–Crippen MR) is 133 cm³/mol. The van der Waals surface area contributed by atoms with E-state index < -0.39 is 34.6 Å². The van der Waals surface area contributed by atoms with E-state index >= 15 is 0 Å². The summed E-state index contributed by atoms with van der Waals surface area (Å²) in [5.74, 6) is -0.776. The number of halogens is 4. The van der Waals surface area contributed by atoms with Gasteiger partial charge in [-0.15, -0.1) is 11.3 Å². The average Bonchev–Trinajstić information content (AvgIpc) is 3.52. The summed E-state index contributed by atoms with van der Waals surface area (Å²) in [6.45, 7) is 4.00. The second kappa shape index (κ2) is 11.0. The number of anilines is 2. The molecule has 196 valence electrons. The number of aromatic nitrogens is 3. The fraction of sp³-hybridized carbons (Fsp3) is 0.348. The van der Waals surface area contributed by atoms with Gasteiger partial charge in [0, 0.05) is 17.8 Å². The summed E-state index contributed by atoms with van der Waals surface area (Å²) >= 11 is 6.75. The van der Waals surface area contributed by atoms with Crippen LogP contribution in [0.5, 0.6) is 0 Å². The lowest BCUT2D eigenvalue weighted by Gasteiger charge is -2.18. The van der Waals surface area contributed by atoms with Gasteiger partial charge in [-0.3, -0.25) is 14.5 Å². The van der Waals surface area contributed by atoms with Gasteiger partial charge in [0.1, 0.15) is 27.7 Å². The molecule has 0 aliphatic carbocycles. The zero-order valence-electron chi connectivity index (χ0n) is 19.6. The number of nitrogens with two attached hydrogens (primary N) is 1. The van der Waals surface area contributed by atoms with Crippen LogP contribution in [-0.4, -0.2) is 44.8 Å². The number of nitrogen functional groups attached to an aromatic ring is 1. The molecule has 1 aliphatic heterocycles. The number of nitrogens with one attached hydrogen (secondary N) is 2. The SMILES string of the molecule is CC(NC(=O)c1ncnc(N)c1CN1CCCC1)c1ncc(C(=O)Nc2ccc(C(F)(F)F)c(Cl)c2)s1. The molecule has 1 atom stereocenters. The van der Waals surface area contributed by atoms with Crippen LogP contribution in [0, 0.1) is 0 Å². The topological polar surface area (TPSA) is 126 Å². The first kappa shape index (κ1) is 26.8. The lowest BCUT2D eigenvalue weighted by Crippen LogP contribution is -2.30. The van der Waals surface area contributed by atoms with Crippen molar-refractivity contribution in [2.24, 2.45) is 0 Å². The van der Waals surface area contributed by atoms with Crippen LogP contribution < -0.4 is 16.4 Å². The molecule has 9 nitrogen and oxygen atoms in total. The van der Waals surface area contributed by atoms with Crippen LogP contribution in [0.4, 0.5) is 24.7 Å². The van der Waals surface area contributed by atoms with E-state index in [2.05, 4.69) is 30.5 Å². The number of nitrogens with zero attached hydrogens (tertiary/aromatic N) is 4. The Morgan fingerprint density at radius 3 is 2.59 bits per heavy atom. The van der Waals surface area contributed by atoms with E-state index in [1.54, 1.807) is 6.92 Å². The van der Waals surface area contributed by atoms with Gasteiger partial charge in [0.25, 0.3) is 11.8 Å². The molecule has 1 fully saturated rings. The molecule has 2 aromatic heterocycles. The Morgan fingerprint density at radius 2 is 1.92 bits per heavy atom. The molecule has 4 rings (SSSR count). The van der Waals surface area contributed by atoms with E-state index in [0.29, 0.717) is 17.1 Å². The second-order valence-corrected chi connectivity index (χ2v) is 9.94. The molecule has 1 saturated heterocycles. The lowest BCUT2D eigenvalue weighted by atomic mass is 10.1. The number of rotatable bonds is 7. The molecule has 0 radical (unpaired) electrons. The zero-order valence-corrected chi connectivity index (χ0v) is 21.2. The summed E-state index contributed by atoms with van der Waals surface area (Å²) in [4.78, 5) is 40.4. The number of amides is 2. The molecule has 37 heavy (non-hydrogen) atoms. The zero-order chi connectivity index (χ0) is 26.7. The number of likely N-dealkylation sites (tertiary alicyclic amines) is 1. The van der Waals surface area contributed by atoms with Gasteiger partial charge in [0.2, 0.25) is 0 Å². The molecule has 1 aliphatic rings. The number of carbonyl (C=O) groups is 2. The highest BCUT2D eigenvalue weighted by atomic mass is 35.5. The number of thiazole rings is 1. The third-order valence-electron chi connectivity index (χ3n) is 5.77. The van der Waals surface area contributed by atoms with Gasteiger partial charge >= 0.3 is 6.18 Å². The van der Waals surface area contributed by atoms with Gasteiger partial charge in [0.05, 0.1) is 22.8 Å². The fourth-order valence-corrected chi connectivity index (χ4v) is 4.98. The standard InChI is InChI=1S/C23H23ClF3N7O2S/c1-12(32-21(36)18-14(19(28)31-11-30-18)10-34-6-2-3-7-34)22-29-9-17(37-22)20(35)33-13-4-5-15(16(24)8-13)23(25,26)27/h4-5,8-9,11-12H,2-3,6-7,10H2,1H3,(H,32,36)(H,33,35)(H2,28,30,31). The van der Waals surface area contributed by atoms with Gasteiger partial charge in [0.15, 0.2) is 0 Å². The Kier molecular flexibility index (Phi) is 7.95. The van der Waals surface area contributed by atoms with Crippen LogP contribution in [0.3, 0.4) is 0 Å². The molecular weight excluding hydrogens is 531 g/mol. The summed E-state index contributed by atoms with van der Waals surface area (Å²) in [6, 6.07) is 2.38. The molecule has 4 N–H and O–H groups in total. The summed E-state index contributed by atoms with van der Waals surface area (Å²) in [6.07, 6.45) is 0.127. The predicted octanol–water partition coefficient (Wildman–Crippen LogP) is 4.53. The molecule has 14 heteroatoms. The van der Waals surface area contributed by atoms with E-state index in [1.165, 1.54) is 12.5 Å². The lowest BCUT2D eigenvalue weighted by molar-refractivity contribution is -0.137. The largest absolute Gasteiger partial charge is 0.417 e. The van der Waals surface area contributed by atoms with E-state index in [1.807, 2.05) is 0 Å². The first-order valence-electron chi connectivity index (χ1n) is 11.3. The smallest absolute Gasteiger partial charge is 0.383 e. The van der Waals surface area contributed by atoms with Crippen molar-refractivity contribution in [3.05, 3.63) is 62.5 Å². The molecular formula is C23H23ClF3N7O2S.